The molecule has 1 aliphatic rings. The number of nitrogens with zero attached hydrogens (tertiary/aromatic N) is 3. The number of aromatic nitrogens is 2. The van der Waals surface area contributed by atoms with Crippen molar-refractivity contribution in [3.8, 4) is 0 Å². The number of hydrogen-bond donors (Lipinski definition) is 1. The molecule has 3 rings (SSSR count). The number of imidazole rings is 1. The molecule has 2 aromatic rings. The van der Waals surface area contributed by atoms with E-state index in [-0.39, 0.29) is 13.1 Å². The van der Waals surface area contributed by atoms with Gasteiger partial charge in [0.25, 0.3) is 10.2 Å². The molecule has 1 aromatic carbocycles. The lowest BCUT2D eigenvalue weighted by Crippen LogP contribution is -2.48. The van der Waals surface area contributed by atoms with Gasteiger partial charge in [-0.25, -0.2) is 9.37 Å². The Kier molecular flexibility index (Phi) is 4.95. The van der Waals surface area contributed by atoms with E-state index in [2.05, 4.69) is 9.71 Å². The minimum absolute atomic E-state index is 0.284. The number of aryl methyl sites for hydroxylation is 1. The molecule has 1 aromatic heterocycles. The van der Waals surface area contributed by atoms with E-state index in [0.717, 1.165) is 0 Å². The predicted molar refractivity (Wildman–Crippen MR) is 85.9 cm³/mol. The van der Waals surface area contributed by atoms with Crippen LogP contribution < -0.4 is 4.72 Å². The summed E-state index contributed by atoms with van der Waals surface area (Å²) in [7, 11) is -2.00. The van der Waals surface area contributed by atoms with Gasteiger partial charge < -0.3 is 9.30 Å². The largest absolute Gasteiger partial charge is 0.379 e. The Morgan fingerprint density at radius 3 is 2.71 bits per heavy atom. The highest BCUT2D eigenvalue weighted by Crippen LogP contribution is 2.23. The maximum Gasteiger partial charge on any atom is 0.280 e. The fourth-order valence-corrected chi connectivity index (χ4v) is 3.94. The Hall–Kier alpha value is -1.81. The fraction of sp³-hybridized carbons (Fsp3) is 0.400. The molecule has 0 amide bonds. The summed E-state index contributed by atoms with van der Waals surface area (Å²) in [6.07, 6.45) is 3.29. The van der Waals surface area contributed by atoms with E-state index < -0.39 is 22.1 Å². The molecule has 24 heavy (non-hydrogen) atoms. The first-order valence-electron chi connectivity index (χ1n) is 7.55. The highest BCUT2D eigenvalue weighted by molar-refractivity contribution is 7.87. The molecule has 0 spiro atoms. The molecule has 2 heterocycles. The van der Waals surface area contributed by atoms with Crippen LogP contribution in [0.1, 0.15) is 17.4 Å². The van der Waals surface area contributed by atoms with Crippen molar-refractivity contribution in [2.24, 2.45) is 7.05 Å². The van der Waals surface area contributed by atoms with Gasteiger partial charge in [0.15, 0.2) is 0 Å². The van der Waals surface area contributed by atoms with Crippen molar-refractivity contribution in [3.05, 3.63) is 53.9 Å². The number of benzene rings is 1. The van der Waals surface area contributed by atoms with Gasteiger partial charge in [0, 0.05) is 32.5 Å². The van der Waals surface area contributed by atoms with Crippen LogP contribution in [0.5, 0.6) is 0 Å². The molecular weight excluding hydrogens is 335 g/mol. The second-order valence-electron chi connectivity index (χ2n) is 5.52. The van der Waals surface area contributed by atoms with Crippen molar-refractivity contribution in [1.29, 1.82) is 0 Å². The van der Waals surface area contributed by atoms with E-state index in [0.29, 0.717) is 24.6 Å². The van der Waals surface area contributed by atoms with Gasteiger partial charge in [0.2, 0.25) is 0 Å². The fourth-order valence-electron chi connectivity index (χ4n) is 2.62. The number of hydrogen-bond acceptors (Lipinski definition) is 4. The normalized spacial score (nSPS) is 17.8. The molecule has 0 aliphatic carbocycles. The lowest BCUT2D eigenvalue weighted by Gasteiger charge is -2.28. The maximum atomic E-state index is 13.6. The summed E-state index contributed by atoms with van der Waals surface area (Å²) in [6, 6.07) is 5.05. The lowest BCUT2D eigenvalue weighted by molar-refractivity contribution is 0.0723. The first-order chi connectivity index (χ1) is 11.5. The summed E-state index contributed by atoms with van der Waals surface area (Å²) >= 11 is 0. The summed E-state index contributed by atoms with van der Waals surface area (Å²) < 4.78 is 49.9. The molecule has 1 aliphatic heterocycles. The molecule has 1 saturated heterocycles. The van der Waals surface area contributed by atoms with Crippen molar-refractivity contribution < 1.29 is 17.5 Å². The van der Waals surface area contributed by atoms with Crippen molar-refractivity contribution >= 4 is 10.2 Å². The summed E-state index contributed by atoms with van der Waals surface area (Å²) in [6.45, 7) is 1.28. The molecular formula is C15H19FN4O3S. The zero-order valence-corrected chi connectivity index (χ0v) is 14.0. The monoisotopic (exact) mass is 354 g/mol. The van der Waals surface area contributed by atoms with Crippen molar-refractivity contribution in [1.82, 2.24) is 18.6 Å². The van der Waals surface area contributed by atoms with Crippen LogP contribution in [0, 0.1) is 5.82 Å². The Morgan fingerprint density at radius 1 is 1.33 bits per heavy atom. The number of rotatable bonds is 5. The van der Waals surface area contributed by atoms with Crippen LogP contribution >= 0.6 is 0 Å². The average molecular weight is 354 g/mol. The summed E-state index contributed by atoms with van der Waals surface area (Å²) in [5.74, 6) is 0.0507. The van der Waals surface area contributed by atoms with Gasteiger partial charge in [-0.2, -0.15) is 17.4 Å². The summed E-state index contributed by atoms with van der Waals surface area (Å²) in [5.41, 5.74) is 0.487. The number of morpholine rings is 1. The third kappa shape index (κ3) is 3.64. The summed E-state index contributed by atoms with van der Waals surface area (Å²) in [5, 5.41) is 0. The van der Waals surface area contributed by atoms with Crippen LogP contribution in [0.25, 0.3) is 0 Å². The first-order valence-corrected chi connectivity index (χ1v) is 8.99. The third-order valence-corrected chi connectivity index (χ3v) is 5.45. The Morgan fingerprint density at radius 2 is 2.08 bits per heavy atom. The smallest absolute Gasteiger partial charge is 0.280 e. The number of ether oxygens (including phenoxy) is 1. The van der Waals surface area contributed by atoms with Crippen molar-refractivity contribution in [2.45, 2.75) is 6.04 Å². The predicted octanol–water partition coefficient (Wildman–Crippen LogP) is 0.815. The molecule has 130 valence electrons. The van der Waals surface area contributed by atoms with Gasteiger partial charge in [-0.15, -0.1) is 0 Å². The second-order valence-corrected chi connectivity index (χ2v) is 7.22. The molecule has 1 atom stereocenters. The Balaban J connectivity index is 1.95. The van der Waals surface area contributed by atoms with E-state index in [1.807, 2.05) is 0 Å². The minimum Gasteiger partial charge on any atom is -0.379 e. The maximum absolute atomic E-state index is 13.6. The van der Waals surface area contributed by atoms with Crippen LogP contribution in [0.2, 0.25) is 0 Å². The SMILES string of the molecule is Cn1ccnc1[C@H](NS(=O)(=O)N1CCOCC1)c1cccc(F)c1. The van der Waals surface area contributed by atoms with Gasteiger partial charge in [0.1, 0.15) is 17.7 Å². The third-order valence-electron chi connectivity index (χ3n) is 3.88. The van der Waals surface area contributed by atoms with Crippen molar-refractivity contribution in [2.75, 3.05) is 26.3 Å². The molecule has 9 heteroatoms. The highest BCUT2D eigenvalue weighted by Gasteiger charge is 2.30. The van der Waals surface area contributed by atoms with E-state index >= 15 is 0 Å². The molecule has 1 fully saturated rings. The van der Waals surface area contributed by atoms with E-state index in [4.69, 9.17) is 4.74 Å². The molecule has 0 saturated carbocycles. The van der Waals surface area contributed by atoms with Gasteiger partial charge in [0.05, 0.1) is 13.2 Å². The van der Waals surface area contributed by atoms with Gasteiger partial charge >= 0.3 is 0 Å². The summed E-state index contributed by atoms with van der Waals surface area (Å²) in [4.78, 5) is 4.22. The van der Waals surface area contributed by atoms with Crippen LogP contribution in [-0.2, 0) is 22.0 Å². The molecule has 7 nitrogen and oxygen atoms in total. The van der Waals surface area contributed by atoms with Gasteiger partial charge in [-0.05, 0) is 17.7 Å². The average Bonchev–Trinajstić information content (AvgIpc) is 2.99. The standard InChI is InChI=1S/C15H19FN4O3S/c1-19-6-5-17-15(19)14(12-3-2-4-13(16)11-12)18-24(21,22)20-7-9-23-10-8-20/h2-6,11,14,18H,7-10H2,1H3/t14-/m1/s1. The number of halogens is 1. The van der Waals surface area contributed by atoms with E-state index in [1.165, 1.54) is 16.4 Å². The second kappa shape index (κ2) is 6.98. The Labute approximate surface area is 140 Å². The van der Waals surface area contributed by atoms with E-state index in [1.54, 1.807) is 36.1 Å². The highest BCUT2D eigenvalue weighted by atomic mass is 32.2. The topological polar surface area (TPSA) is 76.5 Å². The van der Waals surface area contributed by atoms with E-state index in [9.17, 15) is 12.8 Å². The van der Waals surface area contributed by atoms with Gasteiger partial charge in [-0.1, -0.05) is 12.1 Å². The molecule has 1 N–H and O–H groups in total. The lowest BCUT2D eigenvalue weighted by atomic mass is 10.1. The van der Waals surface area contributed by atoms with Crippen LogP contribution in [0.4, 0.5) is 4.39 Å². The van der Waals surface area contributed by atoms with Gasteiger partial charge in [-0.3, -0.25) is 0 Å². The molecule has 0 unspecified atom stereocenters. The first kappa shape index (κ1) is 17.0. The minimum atomic E-state index is -3.76. The number of nitrogens with one attached hydrogen (secondary N) is 1. The molecule has 0 radical (unpaired) electrons. The zero-order valence-electron chi connectivity index (χ0n) is 13.2. The van der Waals surface area contributed by atoms with Crippen molar-refractivity contribution in [3.63, 3.8) is 0 Å². The quantitative estimate of drug-likeness (QED) is 0.862. The zero-order chi connectivity index (χ0) is 17.2. The Bertz CT molecular complexity index is 803. The van der Waals surface area contributed by atoms with Crippen LogP contribution in [0.3, 0.4) is 0 Å². The van der Waals surface area contributed by atoms with Crippen LogP contribution in [-0.4, -0.2) is 48.6 Å². The molecule has 0 bridgehead atoms. The van der Waals surface area contributed by atoms with Crippen LogP contribution in [0.15, 0.2) is 36.7 Å².